The van der Waals surface area contributed by atoms with Crippen LogP contribution in [0.15, 0.2) is 0 Å². The molecule has 0 spiro atoms. The molecule has 128 valence electrons. The third kappa shape index (κ3) is 7.17. The van der Waals surface area contributed by atoms with Gasteiger partial charge in [-0.25, -0.2) is 0 Å². The van der Waals surface area contributed by atoms with E-state index in [0.717, 1.165) is 18.4 Å². The minimum absolute atomic E-state index is 0.267. The zero-order valence-electron chi connectivity index (χ0n) is 16.9. The van der Waals surface area contributed by atoms with Gasteiger partial charge in [-0.15, -0.1) is 0 Å². The van der Waals surface area contributed by atoms with Crippen molar-refractivity contribution in [1.82, 2.24) is 4.90 Å². The highest BCUT2D eigenvalue weighted by Gasteiger charge is 2.34. The molecule has 0 aliphatic heterocycles. The first-order chi connectivity index (χ1) is 9.24. The Kier molecular flexibility index (Phi) is 7.47. The molecule has 0 bridgehead atoms. The summed E-state index contributed by atoms with van der Waals surface area (Å²) in [6.45, 7) is 28.5. The first kappa shape index (κ1) is 21.0. The zero-order valence-corrected chi connectivity index (χ0v) is 16.9. The topological polar surface area (TPSA) is 3.24 Å². The number of hydrogen-bond acceptors (Lipinski definition) is 1. The molecule has 21 heavy (non-hydrogen) atoms. The van der Waals surface area contributed by atoms with Crippen LogP contribution in [0.25, 0.3) is 0 Å². The summed E-state index contributed by atoms with van der Waals surface area (Å²) in [5.41, 5.74) is 1.06. The smallest absolute Gasteiger partial charge is 0.0125 e. The van der Waals surface area contributed by atoms with E-state index >= 15 is 0 Å². The number of hydrogen-bond donors (Lipinski definition) is 0. The molecule has 0 aromatic heterocycles. The summed E-state index contributed by atoms with van der Waals surface area (Å²) in [7, 11) is 0. The molecule has 1 nitrogen and oxygen atoms in total. The Labute approximate surface area is 135 Å². The predicted molar refractivity (Wildman–Crippen MR) is 97.8 cm³/mol. The molecule has 2 unspecified atom stereocenters. The van der Waals surface area contributed by atoms with Crippen molar-refractivity contribution in [3.63, 3.8) is 0 Å². The maximum Gasteiger partial charge on any atom is 0.0125 e. The molecule has 1 heteroatoms. The van der Waals surface area contributed by atoms with Crippen LogP contribution in [-0.4, -0.2) is 23.5 Å². The summed E-state index contributed by atoms with van der Waals surface area (Å²) in [6, 6.07) is 0. The Morgan fingerprint density at radius 2 is 1.33 bits per heavy atom. The molecule has 0 aromatic rings. The van der Waals surface area contributed by atoms with Crippen LogP contribution in [-0.2, 0) is 0 Å². The van der Waals surface area contributed by atoms with Gasteiger partial charge in [-0.2, -0.15) is 0 Å². The molecular formula is C20H43N. The van der Waals surface area contributed by atoms with Gasteiger partial charge < -0.3 is 0 Å². The maximum absolute atomic E-state index is 2.62. The summed E-state index contributed by atoms with van der Waals surface area (Å²) >= 11 is 0. The lowest BCUT2D eigenvalue weighted by Gasteiger charge is -2.43. The highest BCUT2D eigenvalue weighted by atomic mass is 15.2. The molecule has 0 rings (SSSR count). The van der Waals surface area contributed by atoms with Gasteiger partial charge in [0.2, 0.25) is 0 Å². The third-order valence-electron chi connectivity index (χ3n) is 5.06. The Hall–Kier alpha value is -0.0400. The highest BCUT2D eigenvalue weighted by molar-refractivity contribution is 4.86. The van der Waals surface area contributed by atoms with Crippen LogP contribution in [0.4, 0.5) is 0 Å². The van der Waals surface area contributed by atoms with Gasteiger partial charge in [0, 0.05) is 12.1 Å². The van der Waals surface area contributed by atoms with Crippen molar-refractivity contribution in [3.8, 4) is 0 Å². The van der Waals surface area contributed by atoms with Crippen LogP contribution < -0.4 is 0 Å². The Morgan fingerprint density at radius 3 is 1.62 bits per heavy atom. The van der Waals surface area contributed by atoms with Crippen molar-refractivity contribution in [2.45, 2.75) is 94.5 Å². The molecule has 0 fully saturated rings. The molecule has 0 aliphatic rings. The summed E-state index contributed by atoms with van der Waals surface area (Å²) in [4.78, 5) is 2.62. The molecule has 0 radical (unpaired) electrons. The molecule has 0 N–H and O–H groups in total. The fraction of sp³-hybridized carbons (Fsp3) is 1.00. The largest absolute Gasteiger partial charge is 0.298 e. The van der Waals surface area contributed by atoms with E-state index in [1.165, 1.54) is 19.4 Å². The lowest BCUT2D eigenvalue weighted by Crippen LogP contribution is -2.46. The van der Waals surface area contributed by atoms with Gasteiger partial charge in [0.1, 0.15) is 0 Å². The van der Waals surface area contributed by atoms with Crippen LogP contribution >= 0.6 is 0 Å². The van der Waals surface area contributed by atoms with E-state index < -0.39 is 0 Å². The second kappa shape index (κ2) is 7.49. The number of nitrogens with zero attached hydrogens (tertiary/aromatic N) is 1. The second-order valence-electron chi connectivity index (χ2n) is 9.91. The van der Waals surface area contributed by atoms with E-state index in [0.29, 0.717) is 10.8 Å². The van der Waals surface area contributed by atoms with Crippen LogP contribution in [0, 0.1) is 22.7 Å². The molecular weight excluding hydrogens is 254 g/mol. The van der Waals surface area contributed by atoms with Crippen LogP contribution in [0.5, 0.6) is 0 Å². The summed E-state index contributed by atoms with van der Waals surface area (Å²) in [5, 5.41) is 0. The second-order valence-corrected chi connectivity index (χ2v) is 9.91. The van der Waals surface area contributed by atoms with E-state index in [-0.39, 0.29) is 5.54 Å². The van der Waals surface area contributed by atoms with E-state index in [2.05, 4.69) is 81.1 Å². The van der Waals surface area contributed by atoms with Crippen molar-refractivity contribution in [2.24, 2.45) is 22.7 Å². The zero-order chi connectivity index (χ0) is 17.1. The van der Waals surface area contributed by atoms with Gasteiger partial charge in [0.05, 0.1) is 0 Å². The standard InChI is InChI=1S/C20H43N/c1-12-17(18(4,5)6)16(3)14-20(10,11)15-21(13-2)19(7,8)9/h16-17H,12-15H2,1-11H3. The molecule has 0 aromatic carbocycles. The molecule has 2 atom stereocenters. The van der Waals surface area contributed by atoms with Gasteiger partial charge in [0.15, 0.2) is 0 Å². The van der Waals surface area contributed by atoms with Gasteiger partial charge in [-0.3, -0.25) is 4.90 Å². The lowest BCUT2D eigenvalue weighted by atomic mass is 9.67. The quantitative estimate of drug-likeness (QED) is 0.538. The van der Waals surface area contributed by atoms with Gasteiger partial charge >= 0.3 is 0 Å². The predicted octanol–water partition coefficient (Wildman–Crippen LogP) is 6.23. The van der Waals surface area contributed by atoms with Crippen molar-refractivity contribution in [3.05, 3.63) is 0 Å². The maximum atomic E-state index is 2.62. The fourth-order valence-corrected chi connectivity index (χ4v) is 4.29. The third-order valence-corrected chi connectivity index (χ3v) is 5.06. The van der Waals surface area contributed by atoms with E-state index in [4.69, 9.17) is 0 Å². The molecule has 0 saturated carbocycles. The van der Waals surface area contributed by atoms with Crippen LogP contribution in [0.1, 0.15) is 89.0 Å². The number of rotatable bonds is 7. The SMILES string of the molecule is CCC(C(C)CC(C)(C)CN(CC)C(C)(C)C)C(C)(C)C. The van der Waals surface area contributed by atoms with Crippen molar-refractivity contribution in [2.75, 3.05) is 13.1 Å². The van der Waals surface area contributed by atoms with Crippen molar-refractivity contribution < 1.29 is 0 Å². The first-order valence-corrected chi connectivity index (χ1v) is 8.99. The Morgan fingerprint density at radius 1 is 0.857 bits per heavy atom. The fourth-order valence-electron chi connectivity index (χ4n) is 4.29. The molecule has 0 saturated heterocycles. The van der Waals surface area contributed by atoms with Crippen molar-refractivity contribution in [1.29, 1.82) is 0 Å². The minimum atomic E-state index is 0.267. The van der Waals surface area contributed by atoms with Crippen LogP contribution in [0.3, 0.4) is 0 Å². The summed E-state index contributed by atoms with van der Waals surface area (Å²) in [6.07, 6.45) is 2.60. The van der Waals surface area contributed by atoms with Gasteiger partial charge in [-0.1, -0.05) is 61.8 Å². The van der Waals surface area contributed by atoms with Crippen molar-refractivity contribution >= 4 is 0 Å². The summed E-state index contributed by atoms with van der Waals surface area (Å²) < 4.78 is 0. The Bertz CT molecular complexity index is 290. The average Bonchev–Trinajstić information content (AvgIpc) is 2.22. The minimum Gasteiger partial charge on any atom is -0.298 e. The van der Waals surface area contributed by atoms with E-state index in [1.807, 2.05) is 0 Å². The normalized spacial score (nSPS) is 17.1. The van der Waals surface area contributed by atoms with Gasteiger partial charge in [-0.05, 0) is 56.4 Å². The Balaban J connectivity index is 4.87. The summed E-state index contributed by atoms with van der Waals surface area (Å²) in [5.74, 6) is 1.59. The molecule has 0 heterocycles. The lowest BCUT2D eigenvalue weighted by molar-refractivity contribution is 0.0585. The average molecular weight is 298 g/mol. The highest BCUT2D eigenvalue weighted by Crippen LogP contribution is 2.40. The first-order valence-electron chi connectivity index (χ1n) is 8.99. The monoisotopic (exact) mass is 297 g/mol. The van der Waals surface area contributed by atoms with E-state index in [1.54, 1.807) is 0 Å². The molecule has 0 aliphatic carbocycles. The van der Waals surface area contributed by atoms with Gasteiger partial charge in [0.25, 0.3) is 0 Å². The molecule has 0 amide bonds. The van der Waals surface area contributed by atoms with E-state index in [9.17, 15) is 0 Å². The van der Waals surface area contributed by atoms with Crippen LogP contribution in [0.2, 0.25) is 0 Å².